The van der Waals surface area contributed by atoms with Crippen molar-refractivity contribution in [2.45, 2.75) is 13.0 Å². The number of hydrogen-bond acceptors (Lipinski definition) is 3. The Kier molecular flexibility index (Phi) is 4.81. The molecule has 2 rings (SSSR count). The molecule has 110 valence electrons. The minimum absolute atomic E-state index is 0.106. The molecule has 1 aromatic heterocycles. The van der Waals surface area contributed by atoms with Crippen LogP contribution in [0.1, 0.15) is 28.9 Å². The number of halogens is 1. The minimum atomic E-state index is -0.144. The topological polar surface area (TPSA) is 45.2 Å². The van der Waals surface area contributed by atoms with Crippen LogP contribution >= 0.6 is 11.6 Å². The SMILES string of the molecule is CC(NC(=O)c1cccnc1N(C)C)c1ccc(Cl)cc1. The second kappa shape index (κ2) is 6.59. The van der Waals surface area contributed by atoms with Crippen LogP contribution in [0.3, 0.4) is 0 Å². The fraction of sp³-hybridized carbons (Fsp3) is 0.250. The normalized spacial score (nSPS) is 11.8. The Morgan fingerprint density at radius 2 is 1.90 bits per heavy atom. The second-order valence-electron chi connectivity index (χ2n) is 5.02. The van der Waals surface area contributed by atoms with Crippen LogP contribution in [0.5, 0.6) is 0 Å². The van der Waals surface area contributed by atoms with Gasteiger partial charge in [0.25, 0.3) is 5.91 Å². The fourth-order valence-corrected chi connectivity index (χ4v) is 2.17. The first-order valence-electron chi connectivity index (χ1n) is 6.67. The average molecular weight is 304 g/mol. The number of hydrogen-bond donors (Lipinski definition) is 1. The van der Waals surface area contributed by atoms with Crippen molar-refractivity contribution in [3.8, 4) is 0 Å². The molecule has 4 nitrogen and oxygen atoms in total. The van der Waals surface area contributed by atoms with Crippen molar-refractivity contribution >= 4 is 23.3 Å². The molecule has 0 saturated heterocycles. The number of amides is 1. The van der Waals surface area contributed by atoms with Crippen LogP contribution < -0.4 is 10.2 Å². The van der Waals surface area contributed by atoms with Gasteiger partial charge in [-0.3, -0.25) is 4.79 Å². The van der Waals surface area contributed by atoms with Gasteiger partial charge in [0.1, 0.15) is 5.82 Å². The number of rotatable bonds is 4. The molecule has 21 heavy (non-hydrogen) atoms. The van der Waals surface area contributed by atoms with Crippen molar-refractivity contribution in [1.29, 1.82) is 0 Å². The van der Waals surface area contributed by atoms with Crippen LogP contribution in [0.2, 0.25) is 5.02 Å². The summed E-state index contributed by atoms with van der Waals surface area (Å²) >= 11 is 5.87. The van der Waals surface area contributed by atoms with E-state index in [2.05, 4.69) is 10.3 Å². The van der Waals surface area contributed by atoms with E-state index < -0.39 is 0 Å². The molecule has 0 aliphatic rings. The highest BCUT2D eigenvalue weighted by Crippen LogP contribution is 2.19. The van der Waals surface area contributed by atoms with E-state index in [0.29, 0.717) is 16.4 Å². The maximum absolute atomic E-state index is 12.4. The van der Waals surface area contributed by atoms with Gasteiger partial charge in [0, 0.05) is 25.3 Å². The lowest BCUT2D eigenvalue weighted by Gasteiger charge is -2.18. The molecule has 0 saturated carbocycles. The lowest BCUT2D eigenvalue weighted by atomic mass is 10.1. The van der Waals surface area contributed by atoms with E-state index in [0.717, 1.165) is 5.56 Å². The van der Waals surface area contributed by atoms with Gasteiger partial charge in [0.2, 0.25) is 0 Å². The van der Waals surface area contributed by atoms with E-state index in [1.54, 1.807) is 18.3 Å². The van der Waals surface area contributed by atoms with E-state index in [4.69, 9.17) is 11.6 Å². The molecule has 1 N–H and O–H groups in total. The van der Waals surface area contributed by atoms with Crippen LogP contribution in [0, 0.1) is 0 Å². The Morgan fingerprint density at radius 3 is 2.52 bits per heavy atom. The quantitative estimate of drug-likeness (QED) is 0.942. The predicted octanol–water partition coefficient (Wildman–Crippen LogP) is 3.29. The van der Waals surface area contributed by atoms with Crippen LogP contribution in [0.4, 0.5) is 5.82 Å². The maximum atomic E-state index is 12.4. The smallest absolute Gasteiger partial charge is 0.255 e. The van der Waals surface area contributed by atoms with Crippen molar-refractivity contribution in [2.75, 3.05) is 19.0 Å². The third-order valence-corrected chi connectivity index (χ3v) is 3.42. The summed E-state index contributed by atoms with van der Waals surface area (Å²) in [7, 11) is 3.73. The van der Waals surface area contributed by atoms with Gasteiger partial charge in [-0.25, -0.2) is 4.98 Å². The van der Waals surface area contributed by atoms with E-state index in [1.165, 1.54) is 0 Å². The van der Waals surface area contributed by atoms with Crippen molar-refractivity contribution < 1.29 is 4.79 Å². The van der Waals surface area contributed by atoms with Crippen molar-refractivity contribution in [3.63, 3.8) is 0 Å². The first-order chi connectivity index (χ1) is 9.99. The molecule has 0 radical (unpaired) electrons. The molecule has 1 amide bonds. The molecule has 1 aromatic carbocycles. The summed E-state index contributed by atoms with van der Waals surface area (Å²) in [6, 6.07) is 10.9. The van der Waals surface area contributed by atoms with Crippen molar-refractivity contribution in [1.82, 2.24) is 10.3 Å². The number of anilines is 1. The number of nitrogens with one attached hydrogen (secondary N) is 1. The number of pyridine rings is 1. The lowest BCUT2D eigenvalue weighted by Crippen LogP contribution is -2.28. The number of benzene rings is 1. The van der Waals surface area contributed by atoms with Crippen LogP contribution in [-0.4, -0.2) is 25.0 Å². The Morgan fingerprint density at radius 1 is 1.24 bits per heavy atom. The highest BCUT2D eigenvalue weighted by Gasteiger charge is 2.16. The van der Waals surface area contributed by atoms with Gasteiger partial charge in [0.15, 0.2) is 0 Å². The molecular weight excluding hydrogens is 286 g/mol. The zero-order valence-corrected chi connectivity index (χ0v) is 13.1. The summed E-state index contributed by atoms with van der Waals surface area (Å²) in [5, 5.41) is 3.66. The van der Waals surface area contributed by atoms with Crippen LogP contribution in [0.25, 0.3) is 0 Å². The molecule has 0 bridgehead atoms. The molecule has 5 heteroatoms. The third-order valence-electron chi connectivity index (χ3n) is 3.17. The Bertz CT molecular complexity index is 626. The first kappa shape index (κ1) is 15.3. The van der Waals surface area contributed by atoms with Gasteiger partial charge in [-0.2, -0.15) is 0 Å². The highest BCUT2D eigenvalue weighted by molar-refractivity contribution is 6.30. The minimum Gasteiger partial charge on any atom is -0.362 e. The number of carbonyl (C=O) groups excluding carboxylic acids is 1. The molecular formula is C16H18ClN3O. The van der Waals surface area contributed by atoms with Gasteiger partial charge < -0.3 is 10.2 Å². The van der Waals surface area contributed by atoms with Crippen LogP contribution in [0.15, 0.2) is 42.6 Å². The molecule has 1 unspecified atom stereocenters. The molecule has 2 aromatic rings. The maximum Gasteiger partial charge on any atom is 0.255 e. The van der Waals surface area contributed by atoms with E-state index >= 15 is 0 Å². The Hall–Kier alpha value is -2.07. The van der Waals surface area contributed by atoms with E-state index in [1.807, 2.05) is 50.2 Å². The zero-order valence-electron chi connectivity index (χ0n) is 12.3. The summed E-state index contributed by atoms with van der Waals surface area (Å²) in [6.45, 7) is 1.94. The Labute approximate surface area is 129 Å². The summed E-state index contributed by atoms with van der Waals surface area (Å²) in [6.07, 6.45) is 1.68. The first-order valence-corrected chi connectivity index (χ1v) is 7.05. The average Bonchev–Trinajstić information content (AvgIpc) is 2.47. The fourth-order valence-electron chi connectivity index (χ4n) is 2.04. The summed E-state index contributed by atoms with van der Waals surface area (Å²) in [5.74, 6) is 0.507. The highest BCUT2D eigenvalue weighted by atomic mass is 35.5. The molecule has 1 atom stereocenters. The summed E-state index contributed by atoms with van der Waals surface area (Å²) < 4.78 is 0. The number of nitrogens with zero attached hydrogens (tertiary/aromatic N) is 2. The lowest BCUT2D eigenvalue weighted by molar-refractivity contribution is 0.0940. The van der Waals surface area contributed by atoms with Crippen molar-refractivity contribution in [2.24, 2.45) is 0 Å². The largest absolute Gasteiger partial charge is 0.362 e. The summed E-state index contributed by atoms with van der Waals surface area (Å²) in [5.41, 5.74) is 1.56. The number of aromatic nitrogens is 1. The van der Waals surface area contributed by atoms with Gasteiger partial charge in [-0.05, 0) is 36.8 Å². The van der Waals surface area contributed by atoms with Gasteiger partial charge in [-0.15, -0.1) is 0 Å². The van der Waals surface area contributed by atoms with Gasteiger partial charge in [-0.1, -0.05) is 23.7 Å². The monoisotopic (exact) mass is 303 g/mol. The molecule has 0 aliphatic carbocycles. The summed E-state index contributed by atoms with van der Waals surface area (Å²) in [4.78, 5) is 18.5. The predicted molar refractivity (Wildman–Crippen MR) is 85.9 cm³/mol. The molecule has 0 spiro atoms. The van der Waals surface area contributed by atoms with Gasteiger partial charge in [0.05, 0.1) is 11.6 Å². The third kappa shape index (κ3) is 3.73. The van der Waals surface area contributed by atoms with Crippen LogP contribution in [-0.2, 0) is 0 Å². The van der Waals surface area contributed by atoms with Gasteiger partial charge >= 0.3 is 0 Å². The van der Waals surface area contributed by atoms with Crippen molar-refractivity contribution in [3.05, 3.63) is 58.7 Å². The standard InChI is InChI=1S/C16H18ClN3O/c1-11(12-6-8-13(17)9-7-12)19-16(21)14-5-4-10-18-15(14)20(2)3/h4-11H,1-3H3,(H,19,21). The van der Waals surface area contributed by atoms with E-state index in [-0.39, 0.29) is 11.9 Å². The van der Waals surface area contributed by atoms with E-state index in [9.17, 15) is 4.79 Å². The second-order valence-corrected chi connectivity index (χ2v) is 5.45. The molecule has 0 aliphatic heterocycles. The molecule has 0 fully saturated rings. The zero-order chi connectivity index (χ0) is 15.4. The molecule has 1 heterocycles. The number of carbonyl (C=O) groups is 1. The Balaban J connectivity index is 2.16.